The summed E-state index contributed by atoms with van der Waals surface area (Å²) < 4.78 is 11.2. The first-order chi connectivity index (χ1) is 14.1. The summed E-state index contributed by atoms with van der Waals surface area (Å²) in [6.45, 7) is 10.1. The number of nitrogens with one attached hydrogen (secondary N) is 1. The van der Waals surface area contributed by atoms with Gasteiger partial charge < -0.3 is 24.5 Å². The minimum Gasteiger partial charge on any atom is -0.492 e. The summed E-state index contributed by atoms with van der Waals surface area (Å²) in [5.74, 6) is 2.27. The van der Waals surface area contributed by atoms with Gasteiger partial charge in [-0.25, -0.2) is 4.99 Å². The van der Waals surface area contributed by atoms with Crippen LogP contribution in [0, 0.1) is 0 Å². The second-order valence-electron chi connectivity index (χ2n) is 7.41. The van der Waals surface area contributed by atoms with Gasteiger partial charge in [0.2, 0.25) is 0 Å². The molecule has 2 heterocycles. The van der Waals surface area contributed by atoms with Gasteiger partial charge in [0.15, 0.2) is 5.96 Å². The Bertz CT molecular complexity index is 739. The van der Waals surface area contributed by atoms with E-state index < -0.39 is 5.60 Å². The summed E-state index contributed by atoms with van der Waals surface area (Å²) in [7, 11) is 0. The molecule has 1 atom stereocenters. The number of guanidine groups is 1. The quantitative estimate of drug-likeness (QED) is 0.523. The van der Waals surface area contributed by atoms with Crippen molar-refractivity contribution in [2.45, 2.75) is 19.4 Å². The lowest BCUT2D eigenvalue weighted by molar-refractivity contribution is 0.0433. The highest BCUT2D eigenvalue weighted by Gasteiger charge is 2.27. The molecule has 1 unspecified atom stereocenters. The highest BCUT2D eigenvalue weighted by Crippen LogP contribution is 2.21. The van der Waals surface area contributed by atoms with E-state index in [1.54, 1.807) is 25.3 Å². The Morgan fingerprint density at radius 2 is 1.93 bits per heavy atom. The predicted octanol–water partition coefficient (Wildman–Crippen LogP) is 2.15. The fourth-order valence-electron chi connectivity index (χ4n) is 3.31. The lowest BCUT2D eigenvalue weighted by Gasteiger charge is -2.36. The molecule has 0 saturated carbocycles. The number of para-hydroxylation sites is 1. The number of aliphatic imine (C=N–C) groups is 1. The molecule has 0 aliphatic carbocycles. The van der Waals surface area contributed by atoms with E-state index in [1.165, 1.54) is 0 Å². The van der Waals surface area contributed by atoms with Crippen molar-refractivity contribution >= 4 is 5.96 Å². The van der Waals surface area contributed by atoms with E-state index in [1.807, 2.05) is 30.3 Å². The summed E-state index contributed by atoms with van der Waals surface area (Å²) in [6.07, 6.45) is 1.57. The van der Waals surface area contributed by atoms with Gasteiger partial charge in [0, 0.05) is 39.3 Å². The van der Waals surface area contributed by atoms with E-state index in [-0.39, 0.29) is 6.54 Å². The Kier molecular flexibility index (Phi) is 7.55. The molecule has 1 aliphatic heterocycles. The van der Waals surface area contributed by atoms with Crippen molar-refractivity contribution in [2.24, 2.45) is 4.99 Å². The van der Waals surface area contributed by atoms with Crippen molar-refractivity contribution in [2.75, 3.05) is 52.4 Å². The number of hydrogen-bond donors (Lipinski definition) is 2. The largest absolute Gasteiger partial charge is 0.492 e. The van der Waals surface area contributed by atoms with Gasteiger partial charge >= 0.3 is 0 Å². The monoisotopic (exact) mass is 400 g/mol. The molecule has 0 amide bonds. The zero-order valence-electron chi connectivity index (χ0n) is 17.4. The van der Waals surface area contributed by atoms with Crippen LogP contribution in [0.5, 0.6) is 5.75 Å². The minimum absolute atomic E-state index is 0.244. The van der Waals surface area contributed by atoms with Gasteiger partial charge in [-0.05, 0) is 38.1 Å². The molecular weight excluding hydrogens is 368 g/mol. The van der Waals surface area contributed by atoms with E-state index in [9.17, 15) is 5.11 Å². The van der Waals surface area contributed by atoms with Gasteiger partial charge in [-0.2, -0.15) is 0 Å². The number of nitrogens with zero attached hydrogens (tertiary/aromatic N) is 3. The number of benzene rings is 1. The van der Waals surface area contributed by atoms with Crippen LogP contribution in [-0.4, -0.2) is 73.3 Å². The standard InChI is InChI=1S/C22H32N4O3/c1-3-23-21(24-18-22(2,27)20-10-7-16-29-20)26-13-11-25(12-14-26)15-17-28-19-8-5-4-6-9-19/h4-10,16,27H,3,11-15,17-18H2,1-2H3,(H,23,24). The number of rotatable bonds is 8. The van der Waals surface area contributed by atoms with Gasteiger partial charge in [0.25, 0.3) is 0 Å². The molecule has 1 saturated heterocycles. The summed E-state index contributed by atoms with van der Waals surface area (Å²) in [5.41, 5.74) is -1.12. The zero-order valence-corrected chi connectivity index (χ0v) is 17.4. The number of aliphatic hydroxyl groups is 1. The van der Waals surface area contributed by atoms with Crippen molar-refractivity contribution in [3.8, 4) is 5.75 Å². The van der Waals surface area contributed by atoms with Crippen molar-refractivity contribution < 1.29 is 14.3 Å². The third-order valence-corrected chi connectivity index (χ3v) is 5.01. The van der Waals surface area contributed by atoms with E-state index in [4.69, 9.17) is 9.15 Å². The first-order valence-corrected chi connectivity index (χ1v) is 10.3. The molecule has 1 fully saturated rings. The van der Waals surface area contributed by atoms with Crippen LogP contribution in [0.15, 0.2) is 58.1 Å². The molecular formula is C22H32N4O3. The van der Waals surface area contributed by atoms with Crippen LogP contribution in [0.1, 0.15) is 19.6 Å². The molecule has 29 heavy (non-hydrogen) atoms. The van der Waals surface area contributed by atoms with Crippen molar-refractivity contribution in [3.05, 3.63) is 54.5 Å². The molecule has 7 heteroatoms. The van der Waals surface area contributed by atoms with Gasteiger partial charge in [0.1, 0.15) is 23.7 Å². The van der Waals surface area contributed by atoms with Crippen molar-refractivity contribution in [3.63, 3.8) is 0 Å². The van der Waals surface area contributed by atoms with E-state index in [0.717, 1.165) is 51.0 Å². The SMILES string of the molecule is CCNC(=NCC(C)(O)c1ccco1)N1CCN(CCOc2ccccc2)CC1. The highest BCUT2D eigenvalue weighted by molar-refractivity contribution is 5.80. The lowest BCUT2D eigenvalue weighted by Crippen LogP contribution is -2.53. The summed E-state index contributed by atoms with van der Waals surface area (Å²) in [5, 5.41) is 14.0. The number of ether oxygens (including phenoxy) is 1. The smallest absolute Gasteiger partial charge is 0.194 e. The molecule has 0 spiro atoms. The molecule has 2 aromatic rings. The molecule has 2 N–H and O–H groups in total. The van der Waals surface area contributed by atoms with Crippen LogP contribution in [-0.2, 0) is 5.60 Å². The molecule has 0 bridgehead atoms. The first-order valence-electron chi connectivity index (χ1n) is 10.3. The topological polar surface area (TPSA) is 73.5 Å². The first kappa shape index (κ1) is 21.2. The average Bonchev–Trinajstić information content (AvgIpc) is 3.29. The van der Waals surface area contributed by atoms with E-state index in [0.29, 0.717) is 12.4 Å². The maximum Gasteiger partial charge on any atom is 0.194 e. The van der Waals surface area contributed by atoms with E-state index in [2.05, 4.69) is 27.0 Å². The lowest BCUT2D eigenvalue weighted by atomic mass is 10.0. The second kappa shape index (κ2) is 10.3. The Hall–Kier alpha value is -2.51. The number of hydrogen-bond acceptors (Lipinski definition) is 5. The number of furan rings is 1. The van der Waals surface area contributed by atoms with Gasteiger partial charge in [0.05, 0.1) is 12.8 Å². The fourth-order valence-corrected chi connectivity index (χ4v) is 3.31. The molecule has 0 radical (unpaired) electrons. The third-order valence-electron chi connectivity index (χ3n) is 5.01. The van der Waals surface area contributed by atoms with Gasteiger partial charge in [-0.3, -0.25) is 4.90 Å². The number of piperazine rings is 1. The summed E-state index contributed by atoms with van der Waals surface area (Å²) >= 11 is 0. The molecule has 1 aromatic carbocycles. The normalized spacial score (nSPS) is 17.8. The van der Waals surface area contributed by atoms with Crippen molar-refractivity contribution in [1.29, 1.82) is 0 Å². The fraction of sp³-hybridized carbons (Fsp3) is 0.500. The van der Waals surface area contributed by atoms with Crippen LogP contribution < -0.4 is 10.1 Å². The minimum atomic E-state index is -1.12. The van der Waals surface area contributed by atoms with Crippen molar-refractivity contribution in [1.82, 2.24) is 15.1 Å². The van der Waals surface area contributed by atoms with Gasteiger partial charge in [-0.15, -0.1) is 0 Å². The molecule has 7 nitrogen and oxygen atoms in total. The Balaban J connectivity index is 1.47. The molecule has 3 rings (SSSR count). The Morgan fingerprint density at radius 1 is 1.17 bits per heavy atom. The van der Waals surface area contributed by atoms with Crippen LogP contribution in [0.2, 0.25) is 0 Å². The molecule has 1 aromatic heterocycles. The maximum atomic E-state index is 10.7. The van der Waals surface area contributed by atoms with Gasteiger partial charge in [-0.1, -0.05) is 18.2 Å². The van der Waals surface area contributed by atoms with Crippen LogP contribution in [0.3, 0.4) is 0 Å². The Labute approximate surface area is 173 Å². The molecule has 158 valence electrons. The van der Waals surface area contributed by atoms with E-state index >= 15 is 0 Å². The maximum absolute atomic E-state index is 10.7. The van der Waals surface area contributed by atoms with Crippen LogP contribution >= 0.6 is 0 Å². The van der Waals surface area contributed by atoms with Crippen LogP contribution in [0.25, 0.3) is 0 Å². The average molecular weight is 401 g/mol. The summed E-state index contributed by atoms with van der Waals surface area (Å²) in [4.78, 5) is 9.32. The highest BCUT2D eigenvalue weighted by atomic mass is 16.5. The predicted molar refractivity (Wildman–Crippen MR) is 114 cm³/mol. The zero-order chi connectivity index (χ0) is 20.5. The molecule has 1 aliphatic rings. The third kappa shape index (κ3) is 6.24. The van der Waals surface area contributed by atoms with Crippen LogP contribution in [0.4, 0.5) is 0 Å². The summed E-state index contributed by atoms with van der Waals surface area (Å²) in [6, 6.07) is 13.5. The second-order valence-corrected chi connectivity index (χ2v) is 7.41. The Morgan fingerprint density at radius 3 is 2.59 bits per heavy atom.